The smallest absolute Gasteiger partial charge is 0.353 e. The van der Waals surface area contributed by atoms with Gasteiger partial charge in [-0.3, -0.25) is 0 Å². The van der Waals surface area contributed by atoms with E-state index in [1.54, 1.807) is 18.2 Å². The first-order chi connectivity index (χ1) is 15.6. The molecule has 4 rings (SSSR count). The summed E-state index contributed by atoms with van der Waals surface area (Å²) in [6.45, 7) is 2.16. The number of phenols is 1. The molecule has 162 valence electrons. The predicted octanol–water partition coefficient (Wildman–Crippen LogP) is 7.40. The highest BCUT2D eigenvalue weighted by Crippen LogP contribution is 2.69. The maximum Gasteiger partial charge on any atom is 0.353 e. The van der Waals surface area contributed by atoms with E-state index in [2.05, 4.69) is 31.2 Å². The van der Waals surface area contributed by atoms with Crippen molar-refractivity contribution in [3.8, 4) is 5.75 Å². The van der Waals surface area contributed by atoms with Gasteiger partial charge < -0.3 is 9.29 Å². The Labute approximate surface area is 190 Å². The number of carbonyl (C=O) groups excluding carboxylic acids is 1. The standard InChI is InChI=1S/C28H26O3S/c1-2-11-22-18-20-25(21-19-22)32(23-12-5-3-6-13-23,24-14-7-4-8-15-24)31-28(30)26-16-9-10-17-27(26)29/h3-10,12-21,29H,2,11H2,1H3. The average Bonchev–Trinajstić information content (AvgIpc) is 2.84. The summed E-state index contributed by atoms with van der Waals surface area (Å²) in [6, 6.07) is 34.6. The van der Waals surface area contributed by atoms with E-state index in [0.29, 0.717) is 0 Å². The van der Waals surface area contributed by atoms with Crippen molar-refractivity contribution in [2.24, 2.45) is 0 Å². The zero-order valence-electron chi connectivity index (χ0n) is 18.0. The SMILES string of the molecule is CCCc1ccc(S(OC(=O)c2ccccc2O)(c2ccccc2)c2ccccc2)cc1. The molecule has 1 N–H and O–H groups in total. The minimum atomic E-state index is -2.39. The molecule has 3 nitrogen and oxygen atoms in total. The summed E-state index contributed by atoms with van der Waals surface area (Å²) in [5, 5.41) is 10.3. The fourth-order valence-electron chi connectivity index (χ4n) is 3.72. The molecule has 0 aliphatic carbocycles. The molecule has 0 aromatic heterocycles. The highest BCUT2D eigenvalue weighted by Gasteiger charge is 2.36. The van der Waals surface area contributed by atoms with Crippen molar-refractivity contribution in [2.75, 3.05) is 0 Å². The van der Waals surface area contributed by atoms with Crippen molar-refractivity contribution in [3.05, 3.63) is 120 Å². The molecule has 4 aromatic carbocycles. The van der Waals surface area contributed by atoms with Gasteiger partial charge in [0.05, 0.1) is 0 Å². The zero-order valence-corrected chi connectivity index (χ0v) is 18.8. The predicted molar refractivity (Wildman–Crippen MR) is 129 cm³/mol. The second-order valence-electron chi connectivity index (χ2n) is 7.46. The molecular formula is C28H26O3S. The number of benzene rings is 4. The van der Waals surface area contributed by atoms with Crippen molar-refractivity contribution < 1.29 is 14.1 Å². The highest BCUT2D eigenvalue weighted by molar-refractivity contribution is 8.30. The third-order valence-corrected chi connectivity index (χ3v) is 8.48. The molecule has 0 saturated heterocycles. The first-order valence-corrected chi connectivity index (χ1v) is 12.2. The summed E-state index contributed by atoms with van der Waals surface area (Å²) >= 11 is 0. The van der Waals surface area contributed by atoms with E-state index >= 15 is 0 Å². The maximum atomic E-state index is 13.4. The van der Waals surface area contributed by atoms with Crippen LogP contribution in [0.3, 0.4) is 0 Å². The quantitative estimate of drug-likeness (QED) is 0.324. The topological polar surface area (TPSA) is 46.5 Å². The van der Waals surface area contributed by atoms with E-state index in [4.69, 9.17) is 4.18 Å². The van der Waals surface area contributed by atoms with Crippen LogP contribution in [0, 0.1) is 0 Å². The summed E-state index contributed by atoms with van der Waals surface area (Å²) in [6.07, 6.45) is 2.06. The van der Waals surface area contributed by atoms with Crippen molar-refractivity contribution in [1.29, 1.82) is 0 Å². The lowest BCUT2D eigenvalue weighted by Gasteiger charge is -2.39. The Morgan fingerprint density at radius 3 is 1.75 bits per heavy atom. The molecular weight excluding hydrogens is 416 g/mol. The first-order valence-electron chi connectivity index (χ1n) is 10.7. The van der Waals surface area contributed by atoms with Gasteiger partial charge in [-0.2, -0.15) is 0 Å². The van der Waals surface area contributed by atoms with Crippen molar-refractivity contribution in [1.82, 2.24) is 0 Å². The van der Waals surface area contributed by atoms with E-state index in [1.165, 1.54) is 11.6 Å². The monoisotopic (exact) mass is 442 g/mol. The van der Waals surface area contributed by atoms with Gasteiger partial charge in [0.2, 0.25) is 0 Å². The molecule has 0 radical (unpaired) electrons. The number of aryl methyl sites for hydroxylation is 1. The van der Waals surface area contributed by atoms with Crippen LogP contribution in [-0.2, 0) is 10.6 Å². The molecule has 0 heterocycles. The lowest BCUT2D eigenvalue weighted by Crippen LogP contribution is -2.14. The molecule has 0 bridgehead atoms. The van der Waals surface area contributed by atoms with Crippen molar-refractivity contribution >= 4 is 16.3 Å². The van der Waals surface area contributed by atoms with Gasteiger partial charge in [0.15, 0.2) is 0 Å². The number of aromatic hydroxyl groups is 1. The van der Waals surface area contributed by atoms with Gasteiger partial charge >= 0.3 is 5.97 Å². The van der Waals surface area contributed by atoms with E-state index in [1.807, 2.05) is 60.7 Å². The van der Waals surface area contributed by atoms with E-state index in [-0.39, 0.29) is 11.3 Å². The van der Waals surface area contributed by atoms with Gasteiger partial charge in [0, 0.05) is 14.7 Å². The first kappa shape index (κ1) is 21.7. The summed E-state index contributed by atoms with van der Waals surface area (Å²) in [5.41, 5.74) is 1.40. The third-order valence-electron chi connectivity index (χ3n) is 5.27. The molecule has 0 aliphatic heterocycles. The fraction of sp³-hybridized carbons (Fsp3) is 0.107. The van der Waals surface area contributed by atoms with Crippen LogP contribution in [-0.4, -0.2) is 11.1 Å². The zero-order chi connectivity index (χ0) is 22.4. The van der Waals surface area contributed by atoms with Gasteiger partial charge in [0.1, 0.15) is 11.3 Å². The van der Waals surface area contributed by atoms with E-state index in [0.717, 1.165) is 27.5 Å². The van der Waals surface area contributed by atoms with Crippen LogP contribution in [0.1, 0.15) is 29.3 Å². The molecule has 0 aliphatic rings. The Bertz CT molecular complexity index is 1130. The molecule has 4 aromatic rings. The average molecular weight is 443 g/mol. The minimum absolute atomic E-state index is 0.0924. The summed E-state index contributed by atoms with van der Waals surface area (Å²) in [4.78, 5) is 16.2. The van der Waals surface area contributed by atoms with Gasteiger partial charge in [0.25, 0.3) is 0 Å². The molecule has 0 amide bonds. The van der Waals surface area contributed by atoms with Crippen LogP contribution >= 0.6 is 10.3 Å². The summed E-state index contributed by atoms with van der Waals surface area (Å²) < 4.78 is 6.45. The molecule has 0 atom stereocenters. The number of phenolic OH excluding ortho intramolecular Hbond substituents is 1. The lowest BCUT2D eigenvalue weighted by atomic mass is 10.1. The van der Waals surface area contributed by atoms with Gasteiger partial charge in [-0.05, 0) is 70.8 Å². The molecule has 4 heteroatoms. The van der Waals surface area contributed by atoms with Crippen LogP contribution in [0.2, 0.25) is 0 Å². The Balaban J connectivity index is 1.93. The molecule has 0 unspecified atom stereocenters. The van der Waals surface area contributed by atoms with E-state index < -0.39 is 16.3 Å². The molecule has 0 fully saturated rings. The molecule has 0 spiro atoms. The van der Waals surface area contributed by atoms with Crippen molar-refractivity contribution in [3.63, 3.8) is 0 Å². The highest BCUT2D eigenvalue weighted by atomic mass is 32.3. The number of para-hydroxylation sites is 1. The van der Waals surface area contributed by atoms with Gasteiger partial charge in [-0.15, -0.1) is 0 Å². The minimum Gasteiger partial charge on any atom is -0.507 e. The molecule has 32 heavy (non-hydrogen) atoms. The van der Waals surface area contributed by atoms with Crippen LogP contribution < -0.4 is 0 Å². The van der Waals surface area contributed by atoms with Crippen LogP contribution in [0.5, 0.6) is 5.75 Å². The lowest BCUT2D eigenvalue weighted by molar-refractivity contribution is 0.0754. The summed E-state index contributed by atoms with van der Waals surface area (Å²) in [7, 11) is -2.39. The largest absolute Gasteiger partial charge is 0.507 e. The third kappa shape index (κ3) is 4.27. The Morgan fingerprint density at radius 2 is 1.22 bits per heavy atom. The summed E-state index contributed by atoms with van der Waals surface area (Å²) in [5.74, 6) is -0.645. The number of hydrogen-bond donors (Lipinski definition) is 1. The second kappa shape index (κ2) is 9.75. The second-order valence-corrected chi connectivity index (χ2v) is 10.2. The van der Waals surface area contributed by atoms with E-state index in [9.17, 15) is 9.90 Å². The molecule has 0 saturated carbocycles. The normalized spacial score (nSPS) is 11.7. The van der Waals surface area contributed by atoms with Crippen LogP contribution in [0.4, 0.5) is 0 Å². The van der Waals surface area contributed by atoms with Crippen molar-refractivity contribution in [2.45, 2.75) is 34.5 Å². The Hall–Kier alpha value is -3.50. The Morgan fingerprint density at radius 1 is 0.719 bits per heavy atom. The number of hydrogen-bond acceptors (Lipinski definition) is 3. The van der Waals surface area contributed by atoms with Gasteiger partial charge in [-0.25, -0.2) is 4.79 Å². The van der Waals surface area contributed by atoms with Gasteiger partial charge in [-0.1, -0.05) is 74.0 Å². The number of rotatable bonds is 7. The number of carbonyl (C=O) groups is 1. The maximum absolute atomic E-state index is 13.4. The van der Waals surface area contributed by atoms with Crippen LogP contribution in [0.25, 0.3) is 0 Å². The van der Waals surface area contributed by atoms with Crippen LogP contribution in [0.15, 0.2) is 124 Å². The fourth-order valence-corrected chi connectivity index (χ4v) is 6.74. The Kier molecular flexibility index (Phi) is 6.62.